The normalized spacial score (nSPS) is 12.6. The van der Waals surface area contributed by atoms with E-state index in [-0.39, 0.29) is 12.5 Å². The van der Waals surface area contributed by atoms with Crippen LogP contribution in [0.25, 0.3) is 0 Å². The number of unbranched alkanes of at least 4 members (excludes halogenated alkanes) is 54. The van der Waals surface area contributed by atoms with E-state index in [0.29, 0.717) is 12.8 Å². The van der Waals surface area contributed by atoms with Crippen LogP contribution in [0.5, 0.6) is 0 Å². The zero-order valence-corrected chi connectivity index (χ0v) is 47.2. The van der Waals surface area contributed by atoms with Crippen molar-refractivity contribution in [1.82, 2.24) is 5.32 Å². The van der Waals surface area contributed by atoms with E-state index < -0.39 is 12.1 Å². The first-order valence-electron chi connectivity index (χ1n) is 32.2. The van der Waals surface area contributed by atoms with Crippen LogP contribution < -0.4 is 5.32 Å². The third-order valence-corrected chi connectivity index (χ3v) is 15.6. The van der Waals surface area contributed by atoms with Crippen molar-refractivity contribution in [1.29, 1.82) is 0 Å². The second-order valence-corrected chi connectivity index (χ2v) is 22.6. The van der Waals surface area contributed by atoms with Gasteiger partial charge in [0.25, 0.3) is 0 Å². The number of carbonyl (C=O) groups is 1. The first-order valence-corrected chi connectivity index (χ1v) is 32.2. The molecule has 0 fully saturated rings. The third-order valence-electron chi connectivity index (χ3n) is 15.6. The van der Waals surface area contributed by atoms with Crippen molar-refractivity contribution in [3.8, 4) is 0 Å². The minimum absolute atomic E-state index is 0.0203. The maximum Gasteiger partial charge on any atom is 0.220 e. The SMILES string of the molecule is CCCCCCCCCCCCCCCCCCCCCCCCCCCCCCCCCC(O)C(CO)NC(=O)CCCCCCCCCCCCCCCCCCCCCCCCCCC. The van der Waals surface area contributed by atoms with E-state index in [4.69, 9.17) is 0 Å². The third kappa shape index (κ3) is 56.3. The quantitative estimate of drug-likeness (QED) is 0.0532. The highest BCUT2D eigenvalue weighted by Crippen LogP contribution is 2.19. The highest BCUT2D eigenvalue weighted by atomic mass is 16.3. The van der Waals surface area contributed by atoms with Crippen LogP contribution >= 0.6 is 0 Å². The Morgan fingerprint density at radius 2 is 0.471 bits per heavy atom. The monoisotopic (exact) mass is 960 g/mol. The van der Waals surface area contributed by atoms with Gasteiger partial charge in [0.15, 0.2) is 0 Å². The topological polar surface area (TPSA) is 69.6 Å². The second-order valence-electron chi connectivity index (χ2n) is 22.6. The van der Waals surface area contributed by atoms with Crippen molar-refractivity contribution < 1.29 is 15.0 Å². The van der Waals surface area contributed by atoms with Crippen LogP contribution in [0.2, 0.25) is 0 Å². The molecule has 3 N–H and O–H groups in total. The zero-order valence-electron chi connectivity index (χ0n) is 47.2. The average molecular weight is 961 g/mol. The summed E-state index contributed by atoms with van der Waals surface area (Å²) in [5.74, 6) is -0.0203. The lowest BCUT2D eigenvalue weighted by Crippen LogP contribution is -2.45. The molecule has 2 atom stereocenters. The molecule has 0 spiro atoms. The Hall–Kier alpha value is -0.610. The van der Waals surface area contributed by atoms with Crippen LogP contribution in [0.4, 0.5) is 0 Å². The van der Waals surface area contributed by atoms with E-state index in [1.165, 1.54) is 334 Å². The van der Waals surface area contributed by atoms with Crippen molar-refractivity contribution in [3.63, 3.8) is 0 Å². The van der Waals surface area contributed by atoms with Crippen LogP contribution in [0.3, 0.4) is 0 Å². The summed E-state index contributed by atoms with van der Waals surface area (Å²) >= 11 is 0. The number of amides is 1. The van der Waals surface area contributed by atoms with Gasteiger partial charge in [0.2, 0.25) is 5.91 Å². The van der Waals surface area contributed by atoms with Gasteiger partial charge in [0, 0.05) is 6.42 Å². The van der Waals surface area contributed by atoms with Gasteiger partial charge in [-0.1, -0.05) is 367 Å². The minimum atomic E-state index is -0.656. The molecular weight excluding hydrogens is 831 g/mol. The Morgan fingerprint density at radius 3 is 0.662 bits per heavy atom. The van der Waals surface area contributed by atoms with Crippen LogP contribution in [-0.2, 0) is 4.79 Å². The van der Waals surface area contributed by atoms with Gasteiger partial charge in [0.1, 0.15) is 0 Å². The Bertz CT molecular complexity index is 910. The summed E-state index contributed by atoms with van der Waals surface area (Å²) < 4.78 is 0. The molecule has 4 nitrogen and oxygen atoms in total. The van der Waals surface area contributed by atoms with Crippen molar-refractivity contribution in [2.75, 3.05) is 6.61 Å². The fourth-order valence-electron chi connectivity index (χ4n) is 10.7. The molecule has 0 saturated carbocycles. The lowest BCUT2D eigenvalue weighted by Gasteiger charge is -2.22. The molecule has 0 heterocycles. The summed E-state index contributed by atoms with van der Waals surface area (Å²) in [6.45, 7) is 4.42. The summed E-state index contributed by atoms with van der Waals surface area (Å²) in [4.78, 5) is 12.5. The van der Waals surface area contributed by atoms with Crippen LogP contribution in [-0.4, -0.2) is 34.9 Å². The first kappa shape index (κ1) is 67.4. The van der Waals surface area contributed by atoms with Crippen LogP contribution in [0, 0.1) is 0 Å². The molecule has 0 bridgehead atoms. The second kappa shape index (κ2) is 60.7. The van der Waals surface area contributed by atoms with E-state index in [1.54, 1.807) is 0 Å². The zero-order chi connectivity index (χ0) is 49.2. The molecule has 408 valence electrons. The van der Waals surface area contributed by atoms with E-state index in [9.17, 15) is 15.0 Å². The predicted molar refractivity (Wildman–Crippen MR) is 304 cm³/mol. The highest BCUT2D eigenvalue weighted by Gasteiger charge is 2.20. The minimum Gasteiger partial charge on any atom is -0.394 e. The van der Waals surface area contributed by atoms with Gasteiger partial charge in [-0.05, 0) is 12.8 Å². The van der Waals surface area contributed by atoms with Gasteiger partial charge in [0.05, 0.1) is 18.8 Å². The highest BCUT2D eigenvalue weighted by molar-refractivity contribution is 5.76. The molecule has 4 heteroatoms. The number of carbonyl (C=O) groups excluding carboxylic acids is 1. The number of hydrogen-bond acceptors (Lipinski definition) is 3. The summed E-state index contributed by atoms with van der Waals surface area (Å²) in [6.07, 6.45) is 78.5. The molecule has 0 rings (SSSR count). The fraction of sp³-hybridized carbons (Fsp3) is 0.984. The molecule has 0 saturated heterocycles. The molecule has 0 aliphatic heterocycles. The molecule has 0 aliphatic carbocycles. The maximum absolute atomic E-state index is 12.5. The van der Waals surface area contributed by atoms with Gasteiger partial charge in [-0.15, -0.1) is 0 Å². The Labute approximate surface area is 429 Å². The molecule has 68 heavy (non-hydrogen) atoms. The Kier molecular flexibility index (Phi) is 60.1. The smallest absolute Gasteiger partial charge is 0.220 e. The number of hydrogen-bond donors (Lipinski definition) is 3. The summed E-state index contributed by atoms with van der Waals surface area (Å²) in [5, 5.41) is 23.4. The van der Waals surface area contributed by atoms with E-state index in [2.05, 4.69) is 19.2 Å². The van der Waals surface area contributed by atoms with Gasteiger partial charge >= 0.3 is 0 Å². The first-order chi connectivity index (χ1) is 33.7. The number of aliphatic hydroxyl groups excluding tert-OH is 2. The summed E-state index contributed by atoms with van der Waals surface area (Å²) in [6, 6.07) is -0.532. The molecule has 0 aromatic carbocycles. The number of nitrogens with one attached hydrogen (secondary N) is 1. The molecule has 0 aromatic rings. The maximum atomic E-state index is 12.5. The molecule has 0 aromatic heterocycles. The van der Waals surface area contributed by atoms with Crippen molar-refractivity contribution in [2.24, 2.45) is 0 Å². The predicted octanol–water partition coefficient (Wildman–Crippen LogP) is 21.5. The van der Waals surface area contributed by atoms with Crippen LogP contribution in [0.15, 0.2) is 0 Å². The molecular formula is C64H129NO3. The molecule has 0 radical (unpaired) electrons. The standard InChI is InChI=1S/C64H129NO3/c1-3-5-7-9-11-13-15-17-19-21-23-25-27-29-30-31-32-33-34-36-37-39-41-43-45-47-49-51-53-55-57-59-63(67)62(61-66)65-64(68)60-58-56-54-52-50-48-46-44-42-40-38-35-28-26-24-22-20-18-16-14-12-10-8-6-4-2/h62-63,66-67H,3-61H2,1-2H3,(H,65,68). The molecule has 0 aliphatic rings. The van der Waals surface area contributed by atoms with Gasteiger partial charge in [-0.2, -0.15) is 0 Å². The summed E-state index contributed by atoms with van der Waals surface area (Å²) in [5.41, 5.74) is 0. The van der Waals surface area contributed by atoms with Crippen molar-refractivity contribution in [2.45, 2.75) is 398 Å². The average Bonchev–Trinajstić information content (AvgIpc) is 3.34. The lowest BCUT2D eigenvalue weighted by atomic mass is 10.0. The van der Waals surface area contributed by atoms with Crippen molar-refractivity contribution >= 4 is 5.91 Å². The molecule has 2 unspecified atom stereocenters. The van der Waals surface area contributed by atoms with Gasteiger partial charge in [-0.25, -0.2) is 0 Å². The fourth-order valence-corrected chi connectivity index (χ4v) is 10.7. The lowest BCUT2D eigenvalue weighted by molar-refractivity contribution is -0.123. The Balaban J connectivity index is 3.37. The van der Waals surface area contributed by atoms with E-state index in [1.807, 2.05) is 0 Å². The van der Waals surface area contributed by atoms with Gasteiger partial charge < -0.3 is 15.5 Å². The van der Waals surface area contributed by atoms with E-state index in [0.717, 1.165) is 25.7 Å². The van der Waals surface area contributed by atoms with Crippen molar-refractivity contribution in [3.05, 3.63) is 0 Å². The van der Waals surface area contributed by atoms with Crippen LogP contribution in [0.1, 0.15) is 386 Å². The summed E-state index contributed by atoms with van der Waals surface area (Å²) in [7, 11) is 0. The number of rotatable bonds is 61. The largest absolute Gasteiger partial charge is 0.394 e. The Morgan fingerprint density at radius 1 is 0.294 bits per heavy atom. The van der Waals surface area contributed by atoms with E-state index >= 15 is 0 Å². The number of aliphatic hydroxyl groups is 2. The van der Waals surface area contributed by atoms with Gasteiger partial charge in [-0.3, -0.25) is 4.79 Å². The molecule has 1 amide bonds.